The monoisotopic (exact) mass is 414 g/mol. The van der Waals surface area contributed by atoms with E-state index in [2.05, 4.69) is 5.32 Å². The van der Waals surface area contributed by atoms with Gasteiger partial charge in [-0.05, 0) is 35.9 Å². The third-order valence-electron chi connectivity index (χ3n) is 4.14. The lowest BCUT2D eigenvalue weighted by atomic mass is 10.1. The number of halogens is 1. The van der Waals surface area contributed by atoms with E-state index in [-0.39, 0.29) is 5.57 Å². The summed E-state index contributed by atoms with van der Waals surface area (Å²) in [6, 6.07) is 10.1. The fraction of sp³-hybridized carbons (Fsp3) is 0.238. The molecule has 0 aromatic heterocycles. The third-order valence-corrected chi connectivity index (χ3v) is 4.42. The average molecular weight is 415 g/mol. The van der Waals surface area contributed by atoms with Gasteiger partial charge in [0.25, 0.3) is 5.91 Å². The molecule has 0 spiro atoms. The highest BCUT2D eigenvalue weighted by molar-refractivity contribution is 6.32. The quantitative estimate of drug-likeness (QED) is 0.586. The van der Waals surface area contributed by atoms with Gasteiger partial charge in [0.1, 0.15) is 11.6 Å². The summed E-state index contributed by atoms with van der Waals surface area (Å²) >= 11 is 6.27. The third kappa shape index (κ3) is 4.73. The van der Waals surface area contributed by atoms with Crippen LogP contribution in [0.25, 0.3) is 6.08 Å². The van der Waals surface area contributed by atoms with E-state index >= 15 is 0 Å². The minimum absolute atomic E-state index is 0.0923. The lowest BCUT2D eigenvalue weighted by Crippen LogP contribution is -2.13. The van der Waals surface area contributed by atoms with E-state index < -0.39 is 5.91 Å². The average Bonchev–Trinajstić information content (AvgIpc) is 2.97. The van der Waals surface area contributed by atoms with Crippen LogP contribution in [0.5, 0.6) is 23.0 Å². The van der Waals surface area contributed by atoms with E-state index in [0.717, 1.165) is 6.42 Å². The standard InChI is InChI=1S/C21H19ClN2O5/c1-26-17-5-4-15(11-18(17)27-2)24-21(25)14(12-23)8-13-9-16(22)20-19(10-13)28-6-3-7-29-20/h4-5,8-11H,3,6-7H2,1-2H3,(H,24,25)/b14-8+. The van der Waals surface area contributed by atoms with E-state index in [4.69, 9.17) is 30.5 Å². The Balaban J connectivity index is 1.85. The molecule has 0 saturated carbocycles. The summed E-state index contributed by atoms with van der Waals surface area (Å²) in [7, 11) is 3.02. The molecule has 0 saturated heterocycles. The van der Waals surface area contributed by atoms with Crippen LogP contribution in [-0.4, -0.2) is 33.3 Å². The fourth-order valence-corrected chi connectivity index (χ4v) is 3.04. The number of nitrogens with zero attached hydrogens (tertiary/aromatic N) is 1. The molecule has 1 aliphatic rings. The molecule has 3 rings (SSSR count). The molecule has 8 heteroatoms. The number of anilines is 1. The Bertz CT molecular complexity index is 997. The molecule has 0 aliphatic carbocycles. The van der Waals surface area contributed by atoms with Gasteiger partial charge in [-0.25, -0.2) is 0 Å². The van der Waals surface area contributed by atoms with E-state index in [0.29, 0.717) is 52.5 Å². The molecule has 0 radical (unpaired) electrons. The van der Waals surface area contributed by atoms with Crippen LogP contribution in [-0.2, 0) is 4.79 Å². The van der Waals surface area contributed by atoms with Gasteiger partial charge in [0.05, 0.1) is 32.5 Å². The van der Waals surface area contributed by atoms with Crippen molar-refractivity contribution in [1.29, 1.82) is 5.26 Å². The van der Waals surface area contributed by atoms with Crippen molar-refractivity contribution in [3.05, 3.63) is 46.5 Å². The number of ether oxygens (including phenoxy) is 4. The molecule has 1 amide bonds. The first-order valence-corrected chi connectivity index (χ1v) is 9.18. The molecule has 1 N–H and O–H groups in total. The maximum atomic E-state index is 12.6. The number of nitriles is 1. The number of amides is 1. The number of rotatable bonds is 5. The Labute approximate surface area is 173 Å². The van der Waals surface area contributed by atoms with Gasteiger partial charge in [-0.1, -0.05) is 11.6 Å². The van der Waals surface area contributed by atoms with Crippen molar-refractivity contribution in [2.24, 2.45) is 0 Å². The normalized spacial score (nSPS) is 13.1. The number of methoxy groups -OCH3 is 2. The maximum absolute atomic E-state index is 12.6. The van der Waals surface area contributed by atoms with Crippen LogP contribution in [0, 0.1) is 11.3 Å². The summed E-state index contributed by atoms with van der Waals surface area (Å²) in [5, 5.41) is 12.5. The highest BCUT2D eigenvalue weighted by Crippen LogP contribution is 2.38. The van der Waals surface area contributed by atoms with Crippen LogP contribution >= 0.6 is 11.6 Å². The van der Waals surface area contributed by atoms with E-state index in [1.807, 2.05) is 6.07 Å². The van der Waals surface area contributed by atoms with E-state index in [1.54, 1.807) is 30.3 Å². The Kier molecular flexibility index (Phi) is 6.47. The van der Waals surface area contributed by atoms with E-state index in [9.17, 15) is 10.1 Å². The summed E-state index contributed by atoms with van der Waals surface area (Å²) in [4.78, 5) is 12.6. The van der Waals surface area contributed by atoms with Crippen molar-refractivity contribution in [1.82, 2.24) is 0 Å². The first kappa shape index (κ1) is 20.4. The predicted molar refractivity (Wildman–Crippen MR) is 109 cm³/mol. The largest absolute Gasteiger partial charge is 0.493 e. The summed E-state index contributed by atoms with van der Waals surface area (Å²) in [6.45, 7) is 1.01. The van der Waals surface area contributed by atoms with Gasteiger partial charge >= 0.3 is 0 Å². The predicted octanol–water partition coefficient (Wildman–Crippen LogP) is 4.06. The van der Waals surface area contributed by atoms with Crippen LogP contribution in [0.4, 0.5) is 5.69 Å². The summed E-state index contributed by atoms with van der Waals surface area (Å²) in [5.41, 5.74) is 0.925. The fourth-order valence-electron chi connectivity index (χ4n) is 2.76. The molecule has 2 aromatic rings. The van der Waals surface area contributed by atoms with Gasteiger partial charge < -0.3 is 24.3 Å². The summed E-state index contributed by atoms with van der Waals surface area (Å²) in [5.74, 6) is 1.38. The maximum Gasteiger partial charge on any atom is 0.266 e. The highest BCUT2D eigenvalue weighted by Gasteiger charge is 2.17. The second kappa shape index (κ2) is 9.22. The lowest BCUT2D eigenvalue weighted by molar-refractivity contribution is -0.112. The number of hydrogen-bond acceptors (Lipinski definition) is 6. The van der Waals surface area contributed by atoms with Crippen LogP contribution in [0.3, 0.4) is 0 Å². The van der Waals surface area contributed by atoms with Crippen molar-refractivity contribution in [3.8, 4) is 29.1 Å². The zero-order chi connectivity index (χ0) is 20.8. The second-order valence-electron chi connectivity index (χ2n) is 6.07. The Morgan fingerprint density at radius 1 is 1.17 bits per heavy atom. The minimum Gasteiger partial charge on any atom is -0.493 e. The zero-order valence-electron chi connectivity index (χ0n) is 16.0. The van der Waals surface area contributed by atoms with Gasteiger partial charge in [0.2, 0.25) is 0 Å². The van der Waals surface area contributed by atoms with Gasteiger partial charge in [0, 0.05) is 18.2 Å². The van der Waals surface area contributed by atoms with Crippen molar-refractivity contribution in [2.45, 2.75) is 6.42 Å². The zero-order valence-corrected chi connectivity index (χ0v) is 16.7. The lowest BCUT2D eigenvalue weighted by Gasteiger charge is -2.11. The molecule has 2 aromatic carbocycles. The molecule has 0 fully saturated rings. The molecule has 1 heterocycles. The van der Waals surface area contributed by atoms with Gasteiger partial charge in [0.15, 0.2) is 23.0 Å². The van der Waals surface area contributed by atoms with Crippen molar-refractivity contribution < 1.29 is 23.7 Å². The molecule has 29 heavy (non-hydrogen) atoms. The van der Waals surface area contributed by atoms with Crippen LogP contribution in [0.15, 0.2) is 35.9 Å². The molecule has 1 aliphatic heterocycles. The summed E-state index contributed by atoms with van der Waals surface area (Å²) < 4.78 is 21.6. The topological polar surface area (TPSA) is 89.8 Å². The second-order valence-corrected chi connectivity index (χ2v) is 6.48. The number of fused-ring (bicyclic) bond motifs is 1. The molecular formula is C21H19ClN2O5. The van der Waals surface area contributed by atoms with Gasteiger partial charge in [-0.3, -0.25) is 4.79 Å². The molecule has 0 unspecified atom stereocenters. The highest BCUT2D eigenvalue weighted by atomic mass is 35.5. The Hall–Kier alpha value is -3.37. The van der Waals surface area contributed by atoms with E-state index in [1.165, 1.54) is 20.3 Å². The smallest absolute Gasteiger partial charge is 0.266 e. The molecule has 150 valence electrons. The number of carbonyl (C=O) groups is 1. The van der Waals surface area contributed by atoms with Crippen LogP contribution in [0.1, 0.15) is 12.0 Å². The Morgan fingerprint density at radius 2 is 1.93 bits per heavy atom. The Morgan fingerprint density at radius 3 is 2.66 bits per heavy atom. The van der Waals surface area contributed by atoms with Crippen LogP contribution < -0.4 is 24.3 Å². The van der Waals surface area contributed by atoms with Crippen LogP contribution in [0.2, 0.25) is 5.02 Å². The number of benzene rings is 2. The molecule has 0 bridgehead atoms. The number of hydrogen-bond donors (Lipinski definition) is 1. The molecular weight excluding hydrogens is 396 g/mol. The van der Waals surface area contributed by atoms with Gasteiger partial charge in [-0.15, -0.1) is 0 Å². The molecule has 7 nitrogen and oxygen atoms in total. The SMILES string of the molecule is COc1ccc(NC(=O)/C(C#N)=C/c2cc(Cl)c3c(c2)OCCCO3)cc1OC. The first-order valence-electron chi connectivity index (χ1n) is 8.80. The van der Waals surface area contributed by atoms with Gasteiger partial charge in [-0.2, -0.15) is 5.26 Å². The first-order chi connectivity index (χ1) is 14.0. The number of carbonyl (C=O) groups excluding carboxylic acids is 1. The summed E-state index contributed by atoms with van der Waals surface area (Å²) in [6.07, 6.45) is 2.18. The minimum atomic E-state index is -0.567. The van der Waals surface area contributed by atoms with Crippen molar-refractivity contribution in [3.63, 3.8) is 0 Å². The van der Waals surface area contributed by atoms with Crippen molar-refractivity contribution >= 4 is 29.3 Å². The molecule has 0 atom stereocenters. The van der Waals surface area contributed by atoms with Crippen molar-refractivity contribution in [2.75, 3.05) is 32.8 Å². The number of nitrogens with one attached hydrogen (secondary N) is 1.